The molecule has 0 saturated heterocycles. The summed E-state index contributed by atoms with van der Waals surface area (Å²) in [5.41, 5.74) is 4.12. The van der Waals surface area contributed by atoms with E-state index in [1.54, 1.807) is 0 Å². The molecule has 0 aliphatic rings. The molecule has 0 N–H and O–H groups in total. The SMILES string of the molecule is CCCCc1oc2ccccc2c1C(=O)c1cc(C)c(OCCN(CC)CC)cc1C. The highest BCUT2D eigenvalue weighted by atomic mass is 16.5. The molecule has 166 valence electrons. The van der Waals surface area contributed by atoms with Crippen LogP contribution in [0.2, 0.25) is 0 Å². The summed E-state index contributed by atoms with van der Waals surface area (Å²) in [7, 11) is 0. The summed E-state index contributed by atoms with van der Waals surface area (Å²) >= 11 is 0. The molecule has 1 aromatic heterocycles. The summed E-state index contributed by atoms with van der Waals surface area (Å²) in [5.74, 6) is 1.68. The van der Waals surface area contributed by atoms with Gasteiger partial charge in [-0.15, -0.1) is 0 Å². The number of benzene rings is 2. The lowest BCUT2D eigenvalue weighted by Crippen LogP contribution is -2.28. The van der Waals surface area contributed by atoms with Gasteiger partial charge in [-0.05, 0) is 62.7 Å². The van der Waals surface area contributed by atoms with Crippen molar-refractivity contribution in [3.8, 4) is 5.75 Å². The van der Waals surface area contributed by atoms with E-state index < -0.39 is 0 Å². The first-order valence-electron chi connectivity index (χ1n) is 11.5. The molecule has 4 nitrogen and oxygen atoms in total. The van der Waals surface area contributed by atoms with Crippen molar-refractivity contribution in [3.63, 3.8) is 0 Å². The van der Waals surface area contributed by atoms with E-state index >= 15 is 0 Å². The Kier molecular flexibility index (Phi) is 7.91. The van der Waals surface area contributed by atoms with Gasteiger partial charge in [0, 0.05) is 23.9 Å². The van der Waals surface area contributed by atoms with Crippen molar-refractivity contribution in [2.75, 3.05) is 26.2 Å². The Labute approximate surface area is 186 Å². The summed E-state index contributed by atoms with van der Waals surface area (Å²) in [4.78, 5) is 16.0. The Bertz CT molecular complexity index is 1030. The highest BCUT2D eigenvalue weighted by Gasteiger charge is 2.23. The lowest BCUT2D eigenvalue weighted by Gasteiger charge is -2.19. The zero-order valence-corrected chi connectivity index (χ0v) is 19.6. The third kappa shape index (κ3) is 5.19. The first-order valence-corrected chi connectivity index (χ1v) is 11.5. The number of hydrogen-bond acceptors (Lipinski definition) is 4. The second kappa shape index (κ2) is 10.6. The van der Waals surface area contributed by atoms with Crippen LogP contribution in [0.15, 0.2) is 40.8 Å². The zero-order chi connectivity index (χ0) is 22.4. The number of fused-ring (bicyclic) bond motifs is 1. The Morgan fingerprint density at radius 1 is 1.03 bits per heavy atom. The molecule has 4 heteroatoms. The van der Waals surface area contributed by atoms with E-state index in [1.165, 1.54) is 0 Å². The molecule has 0 amide bonds. The number of unbranched alkanes of at least 4 members (excludes halogenated alkanes) is 1. The van der Waals surface area contributed by atoms with E-state index in [4.69, 9.17) is 9.15 Å². The summed E-state index contributed by atoms with van der Waals surface area (Å²) in [6.07, 6.45) is 2.83. The van der Waals surface area contributed by atoms with E-state index in [-0.39, 0.29) is 5.78 Å². The number of likely N-dealkylation sites (N-methyl/N-ethyl adjacent to an activating group) is 1. The molecule has 0 spiro atoms. The van der Waals surface area contributed by atoms with Gasteiger partial charge in [-0.25, -0.2) is 0 Å². The monoisotopic (exact) mass is 421 g/mol. The molecular formula is C27H35NO3. The Morgan fingerprint density at radius 3 is 2.48 bits per heavy atom. The fourth-order valence-electron chi connectivity index (χ4n) is 4.01. The molecule has 0 radical (unpaired) electrons. The van der Waals surface area contributed by atoms with E-state index in [0.29, 0.717) is 12.2 Å². The van der Waals surface area contributed by atoms with Crippen LogP contribution in [0, 0.1) is 13.8 Å². The van der Waals surface area contributed by atoms with Crippen LogP contribution in [-0.4, -0.2) is 36.9 Å². The molecule has 2 aromatic carbocycles. The first-order chi connectivity index (χ1) is 15.0. The van der Waals surface area contributed by atoms with Gasteiger partial charge in [-0.2, -0.15) is 0 Å². The third-order valence-corrected chi connectivity index (χ3v) is 5.98. The van der Waals surface area contributed by atoms with Crippen molar-refractivity contribution in [3.05, 3.63) is 64.4 Å². The summed E-state index contributed by atoms with van der Waals surface area (Å²) in [6, 6.07) is 11.8. The summed E-state index contributed by atoms with van der Waals surface area (Å²) in [5, 5.41) is 0.898. The van der Waals surface area contributed by atoms with E-state index in [0.717, 1.165) is 78.1 Å². The maximum absolute atomic E-state index is 13.7. The van der Waals surface area contributed by atoms with Crippen LogP contribution in [0.1, 0.15) is 66.4 Å². The number of para-hydroxylation sites is 1. The van der Waals surface area contributed by atoms with E-state index in [1.807, 2.05) is 50.2 Å². The number of hydrogen-bond donors (Lipinski definition) is 0. The predicted octanol–water partition coefficient (Wildman–Crippen LogP) is 6.34. The smallest absolute Gasteiger partial charge is 0.197 e. The van der Waals surface area contributed by atoms with Crippen molar-refractivity contribution in [2.45, 2.75) is 53.9 Å². The van der Waals surface area contributed by atoms with Crippen LogP contribution in [-0.2, 0) is 6.42 Å². The Morgan fingerprint density at radius 2 is 1.77 bits per heavy atom. The van der Waals surface area contributed by atoms with Gasteiger partial charge in [-0.3, -0.25) is 4.79 Å². The van der Waals surface area contributed by atoms with Crippen LogP contribution in [0.4, 0.5) is 0 Å². The van der Waals surface area contributed by atoms with Gasteiger partial charge in [0.25, 0.3) is 0 Å². The van der Waals surface area contributed by atoms with Crippen LogP contribution >= 0.6 is 0 Å². The van der Waals surface area contributed by atoms with Crippen molar-refractivity contribution in [2.24, 2.45) is 0 Å². The fourth-order valence-corrected chi connectivity index (χ4v) is 4.01. The lowest BCUT2D eigenvalue weighted by molar-refractivity contribution is 0.103. The Balaban J connectivity index is 1.89. The molecule has 0 aliphatic heterocycles. The normalized spacial score (nSPS) is 11.4. The minimum atomic E-state index is 0.0337. The number of aryl methyl sites for hydroxylation is 3. The van der Waals surface area contributed by atoms with Gasteiger partial charge in [0.15, 0.2) is 5.78 Å². The molecule has 0 unspecified atom stereocenters. The van der Waals surface area contributed by atoms with Crippen molar-refractivity contribution in [1.82, 2.24) is 4.90 Å². The standard InChI is InChI=1S/C27H35NO3/c1-6-9-13-24-26(21-12-10-11-14-23(21)31-24)27(29)22-17-20(5)25(18-19(22)4)30-16-15-28(7-2)8-3/h10-12,14,17-18H,6-9,13,15-16H2,1-5H3. The molecule has 0 atom stereocenters. The number of ketones is 1. The maximum atomic E-state index is 13.7. The molecule has 0 fully saturated rings. The average Bonchev–Trinajstić information content (AvgIpc) is 3.15. The first kappa shape index (κ1) is 23.1. The third-order valence-electron chi connectivity index (χ3n) is 5.98. The van der Waals surface area contributed by atoms with Gasteiger partial charge in [0.1, 0.15) is 23.7 Å². The van der Waals surface area contributed by atoms with Gasteiger partial charge >= 0.3 is 0 Å². The molecular weight excluding hydrogens is 386 g/mol. The van der Waals surface area contributed by atoms with Gasteiger partial charge in [-0.1, -0.05) is 45.4 Å². The van der Waals surface area contributed by atoms with E-state index in [2.05, 4.69) is 25.7 Å². The second-order valence-corrected chi connectivity index (χ2v) is 8.14. The number of rotatable bonds is 11. The quantitative estimate of drug-likeness (QED) is 0.339. The number of nitrogens with zero attached hydrogens (tertiary/aromatic N) is 1. The van der Waals surface area contributed by atoms with Crippen molar-refractivity contribution in [1.29, 1.82) is 0 Å². The number of carbonyl (C=O) groups excluding carboxylic acids is 1. The summed E-state index contributed by atoms with van der Waals surface area (Å²) < 4.78 is 12.1. The highest BCUT2D eigenvalue weighted by molar-refractivity contribution is 6.17. The highest BCUT2D eigenvalue weighted by Crippen LogP contribution is 2.32. The average molecular weight is 422 g/mol. The number of furan rings is 1. The lowest BCUT2D eigenvalue weighted by atomic mass is 9.94. The minimum absolute atomic E-state index is 0.0337. The summed E-state index contributed by atoms with van der Waals surface area (Å²) in [6.45, 7) is 14.0. The van der Waals surface area contributed by atoms with Crippen molar-refractivity contribution < 1.29 is 13.9 Å². The van der Waals surface area contributed by atoms with Gasteiger partial charge in [0.05, 0.1) is 5.56 Å². The molecule has 0 aliphatic carbocycles. The molecule has 31 heavy (non-hydrogen) atoms. The van der Waals surface area contributed by atoms with Crippen LogP contribution in [0.5, 0.6) is 5.75 Å². The molecule has 3 aromatic rings. The molecule has 0 saturated carbocycles. The number of carbonyl (C=O) groups is 1. The van der Waals surface area contributed by atoms with Crippen LogP contribution in [0.3, 0.4) is 0 Å². The Hall–Kier alpha value is -2.59. The van der Waals surface area contributed by atoms with Crippen LogP contribution < -0.4 is 4.74 Å². The predicted molar refractivity (Wildman–Crippen MR) is 127 cm³/mol. The second-order valence-electron chi connectivity index (χ2n) is 8.14. The fraction of sp³-hybridized carbons (Fsp3) is 0.444. The van der Waals surface area contributed by atoms with Crippen LogP contribution in [0.25, 0.3) is 11.0 Å². The molecule has 0 bridgehead atoms. The zero-order valence-electron chi connectivity index (χ0n) is 19.6. The minimum Gasteiger partial charge on any atom is -0.492 e. The largest absolute Gasteiger partial charge is 0.492 e. The van der Waals surface area contributed by atoms with Gasteiger partial charge in [0.2, 0.25) is 0 Å². The van der Waals surface area contributed by atoms with Gasteiger partial charge < -0.3 is 14.1 Å². The molecule has 1 heterocycles. The maximum Gasteiger partial charge on any atom is 0.197 e. The van der Waals surface area contributed by atoms with Crippen molar-refractivity contribution >= 4 is 16.8 Å². The molecule has 3 rings (SSSR count). The number of ether oxygens (including phenoxy) is 1. The van der Waals surface area contributed by atoms with E-state index in [9.17, 15) is 4.79 Å². The topological polar surface area (TPSA) is 42.7 Å².